The molecule has 0 amide bonds. The lowest BCUT2D eigenvalue weighted by Gasteiger charge is -2.13. The van der Waals surface area contributed by atoms with Crippen LogP contribution in [0.2, 0.25) is 0 Å². The van der Waals surface area contributed by atoms with E-state index in [1.54, 1.807) is 24.2 Å². The van der Waals surface area contributed by atoms with E-state index in [1.807, 2.05) is 34.9 Å². The quantitative estimate of drug-likeness (QED) is 0.677. The van der Waals surface area contributed by atoms with Gasteiger partial charge in [-0.05, 0) is 35.7 Å². The second kappa shape index (κ2) is 8.19. The van der Waals surface area contributed by atoms with Crippen LogP contribution in [0.1, 0.15) is 36.8 Å². The van der Waals surface area contributed by atoms with Crippen molar-refractivity contribution >= 4 is 17.7 Å². The molecule has 2 heterocycles. The van der Waals surface area contributed by atoms with Gasteiger partial charge in [0, 0.05) is 23.8 Å². The van der Waals surface area contributed by atoms with Gasteiger partial charge < -0.3 is 9.67 Å². The van der Waals surface area contributed by atoms with Crippen LogP contribution in [0.5, 0.6) is 0 Å². The first-order chi connectivity index (χ1) is 12.5. The van der Waals surface area contributed by atoms with Crippen molar-refractivity contribution in [3.05, 3.63) is 71.9 Å². The SMILES string of the molecule is CC(C)c1nc(CC(=O)O)n(Cc2ccncc2)c1Sc1ccccc1. The first-order valence-electron chi connectivity index (χ1n) is 8.47. The summed E-state index contributed by atoms with van der Waals surface area (Å²) >= 11 is 1.63. The van der Waals surface area contributed by atoms with Gasteiger partial charge in [0.15, 0.2) is 0 Å². The maximum absolute atomic E-state index is 11.4. The average molecular weight is 367 g/mol. The topological polar surface area (TPSA) is 68.0 Å². The molecule has 0 aliphatic carbocycles. The maximum atomic E-state index is 11.4. The summed E-state index contributed by atoms with van der Waals surface area (Å²) in [4.78, 5) is 21.2. The molecule has 0 aliphatic rings. The molecule has 5 nitrogen and oxygen atoms in total. The third kappa shape index (κ3) is 4.32. The number of imidazole rings is 1. The van der Waals surface area contributed by atoms with Gasteiger partial charge in [0.1, 0.15) is 17.3 Å². The third-order valence-electron chi connectivity index (χ3n) is 3.93. The van der Waals surface area contributed by atoms with Crippen molar-refractivity contribution in [2.24, 2.45) is 0 Å². The summed E-state index contributed by atoms with van der Waals surface area (Å²) in [6, 6.07) is 14.0. The molecule has 0 saturated heterocycles. The Bertz CT molecular complexity index is 877. The molecular formula is C20H21N3O2S. The number of carbonyl (C=O) groups is 1. The highest BCUT2D eigenvalue weighted by Gasteiger charge is 2.22. The van der Waals surface area contributed by atoms with Gasteiger partial charge in [-0.25, -0.2) is 4.98 Å². The van der Waals surface area contributed by atoms with E-state index in [1.165, 1.54) is 0 Å². The Morgan fingerprint density at radius 2 is 1.85 bits per heavy atom. The standard InChI is InChI=1S/C20H21N3O2S/c1-14(2)19-20(26-16-6-4-3-5-7-16)23(17(22-19)12-18(24)25)13-15-8-10-21-11-9-15/h3-11,14H,12-13H2,1-2H3,(H,24,25). The minimum Gasteiger partial charge on any atom is -0.481 e. The van der Waals surface area contributed by atoms with Crippen LogP contribution < -0.4 is 0 Å². The zero-order valence-electron chi connectivity index (χ0n) is 14.8. The predicted molar refractivity (Wildman–Crippen MR) is 102 cm³/mol. The largest absolute Gasteiger partial charge is 0.481 e. The summed E-state index contributed by atoms with van der Waals surface area (Å²) in [7, 11) is 0. The van der Waals surface area contributed by atoms with Crippen molar-refractivity contribution in [2.45, 2.75) is 42.7 Å². The van der Waals surface area contributed by atoms with Crippen LogP contribution in [-0.4, -0.2) is 25.6 Å². The highest BCUT2D eigenvalue weighted by molar-refractivity contribution is 7.99. The van der Waals surface area contributed by atoms with Gasteiger partial charge in [0.05, 0.1) is 5.69 Å². The van der Waals surface area contributed by atoms with E-state index in [9.17, 15) is 9.90 Å². The number of pyridine rings is 1. The van der Waals surface area contributed by atoms with Crippen molar-refractivity contribution in [3.63, 3.8) is 0 Å². The smallest absolute Gasteiger partial charge is 0.311 e. The summed E-state index contributed by atoms with van der Waals surface area (Å²) in [5.74, 6) is -0.0959. The number of rotatable bonds is 7. The van der Waals surface area contributed by atoms with Crippen molar-refractivity contribution < 1.29 is 9.90 Å². The zero-order chi connectivity index (χ0) is 18.5. The Morgan fingerprint density at radius 1 is 1.15 bits per heavy atom. The molecule has 0 atom stereocenters. The Morgan fingerprint density at radius 3 is 2.46 bits per heavy atom. The van der Waals surface area contributed by atoms with Crippen LogP contribution in [0.25, 0.3) is 0 Å². The molecule has 3 aromatic rings. The molecule has 0 spiro atoms. The van der Waals surface area contributed by atoms with E-state index < -0.39 is 5.97 Å². The van der Waals surface area contributed by atoms with E-state index in [-0.39, 0.29) is 12.3 Å². The van der Waals surface area contributed by atoms with Crippen molar-refractivity contribution in [1.29, 1.82) is 0 Å². The highest BCUT2D eigenvalue weighted by Crippen LogP contribution is 2.35. The minimum atomic E-state index is -0.877. The monoisotopic (exact) mass is 367 g/mol. The molecule has 0 saturated carbocycles. The van der Waals surface area contributed by atoms with Crippen LogP contribution in [0.3, 0.4) is 0 Å². The molecule has 0 aliphatic heterocycles. The summed E-state index contributed by atoms with van der Waals surface area (Å²) in [6.07, 6.45) is 3.40. The lowest BCUT2D eigenvalue weighted by atomic mass is 10.1. The highest BCUT2D eigenvalue weighted by atomic mass is 32.2. The fraction of sp³-hybridized carbons (Fsp3) is 0.250. The predicted octanol–water partition coefficient (Wildman–Crippen LogP) is 4.23. The lowest BCUT2D eigenvalue weighted by molar-refractivity contribution is -0.136. The molecule has 1 aromatic carbocycles. The minimum absolute atomic E-state index is 0.0971. The van der Waals surface area contributed by atoms with Crippen LogP contribution in [-0.2, 0) is 17.8 Å². The van der Waals surface area contributed by atoms with Gasteiger partial charge >= 0.3 is 5.97 Å². The van der Waals surface area contributed by atoms with Gasteiger partial charge in [-0.3, -0.25) is 9.78 Å². The average Bonchev–Trinajstić information content (AvgIpc) is 2.94. The third-order valence-corrected chi connectivity index (χ3v) is 5.06. The second-order valence-corrected chi connectivity index (χ2v) is 7.36. The second-order valence-electron chi connectivity index (χ2n) is 6.30. The Labute approximate surface area is 157 Å². The fourth-order valence-electron chi connectivity index (χ4n) is 2.69. The molecule has 0 unspecified atom stereocenters. The molecule has 0 fully saturated rings. The van der Waals surface area contributed by atoms with Gasteiger partial charge in [0.25, 0.3) is 0 Å². The fourth-order valence-corrected chi connectivity index (χ4v) is 3.87. The first-order valence-corrected chi connectivity index (χ1v) is 9.29. The van der Waals surface area contributed by atoms with E-state index in [4.69, 9.17) is 0 Å². The Hall–Kier alpha value is -2.60. The summed E-state index contributed by atoms with van der Waals surface area (Å²) in [6.45, 7) is 4.73. The number of hydrogen-bond donors (Lipinski definition) is 1. The van der Waals surface area contributed by atoms with Crippen LogP contribution >= 0.6 is 11.8 Å². The molecule has 0 bridgehead atoms. The lowest BCUT2D eigenvalue weighted by Crippen LogP contribution is -2.11. The normalized spacial score (nSPS) is 11.0. The van der Waals surface area contributed by atoms with Gasteiger partial charge in [-0.15, -0.1) is 0 Å². The van der Waals surface area contributed by atoms with E-state index >= 15 is 0 Å². The first kappa shape index (κ1) is 18.2. The number of hydrogen-bond acceptors (Lipinski definition) is 4. The van der Waals surface area contributed by atoms with E-state index in [0.717, 1.165) is 21.2 Å². The summed E-state index contributed by atoms with van der Waals surface area (Å²) in [5, 5.41) is 10.3. The molecule has 0 radical (unpaired) electrons. The van der Waals surface area contributed by atoms with Crippen molar-refractivity contribution in [1.82, 2.24) is 14.5 Å². The molecule has 1 N–H and O–H groups in total. The summed E-state index contributed by atoms with van der Waals surface area (Å²) in [5.41, 5.74) is 2.00. The van der Waals surface area contributed by atoms with E-state index in [0.29, 0.717) is 12.4 Å². The molecule has 6 heteroatoms. The van der Waals surface area contributed by atoms with Gasteiger partial charge in [0.2, 0.25) is 0 Å². The van der Waals surface area contributed by atoms with E-state index in [2.05, 4.69) is 35.9 Å². The van der Waals surface area contributed by atoms with Gasteiger partial charge in [-0.1, -0.05) is 43.8 Å². The number of benzene rings is 1. The molecular weight excluding hydrogens is 346 g/mol. The summed E-state index contributed by atoms with van der Waals surface area (Å²) < 4.78 is 2.02. The number of carboxylic acids is 1. The number of aromatic nitrogens is 3. The Balaban J connectivity index is 2.08. The maximum Gasteiger partial charge on any atom is 0.311 e. The molecule has 3 rings (SSSR count). The van der Waals surface area contributed by atoms with Crippen molar-refractivity contribution in [3.8, 4) is 0 Å². The molecule has 2 aromatic heterocycles. The van der Waals surface area contributed by atoms with Gasteiger partial charge in [-0.2, -0.15) is 0 Å². The number of nitrogens with zero attached hydrogens (tertiary/aromatic N) is 3. The Kier molecular flexibility index (Phi) is 5.73. The number of carboxylic acid groups (broad SMARTS) is 1. The van der Waals surface area contributed by atoms with Crippen LogP contribution in [0, 0.1) is 0 Å². The zero-order valence-corrected chi connectivity index (χ0v) is 15.6. The molecule has 26 heavy (non-hydrogen) atoms. The van der Waals surface area contributed by atoms with Crippen LogP contribution in [0.4, 0.5) is 0 Å². The van der Waals surface area contributed by atoms with Crippen molar-refractivity contribution in [2.75, 3.05) is 0 Å². The van der Waals surface area contributed by atoms with Crippen LogP contribution in [0.15, 0.2) is 64.8 Å². The number of aliphatic carboxylic acids is 1. The molecule has 134 valence electrons.